The van der Waals surface area contributed by atoms with E-state index in [9.17, 15) is 13.2 Å². The number of nitrogen functional groups attached to an aromatic ring is 1. The van der Waals surface area contributed by atoms with Crippen molar-refractivity contribution in [3.8, 4) is 0 Å². The van der Waals surface area contributed by atoms with Crippen molar-refractivity contribution in [1.82, 2.24) is 20.0 Å². The van der Waals surface area contributed by atoms with Crippen LogP contribution >= 0.6 is 0 Å². The van der Waals surface area contributed by atoms with E-state index in [1.807, 2.05) is 6.92 Å². The fourth-order valence-corrected chi connectivity index (χ4v) is 1.97. The lowest BCUT2D eigenvalue weighted by molar-refractivity contribution is -0.119. The lowest BCUT2D eigenvalue weighted by atomic mass is 10.5. The van der Waals surface area contributed by atoms with Crippen LogP contribution in [0, 0.1) is 0 Å². The molecule has 0 saturated carbocycles. The van der Waals surface area contributed by atoms with Crippen molar-refractivity contribution >= 4 is 21.9 Å². The van der Waals surface area contributed by atoms with Crippen molar-refractivity contribution < 1.29 is 13.2 Å². The number of amides is 1. The van der Waals surface area contributed by atoms with Crippen LogP contribution in [-0.2, 0) is 14.8 Å². The number of hydrazine groups is 1. The molecule has 106 valence electrons. The maximum Gasteiger partial charge on any atom is 0.244 e. The molecule has 0 aliphatic rings. The Kier molecular flexibility index (Phi) is 5.60. The van der Waals surface area contributed by atoms with Gasteiger partial charge in [-0.2, -0.15) is 0 Å². The number of carbonyl (C=O) groups excluding carboxylic acids is 1. The van der Waals surface area contributed by atoms with Gasteiger partial charge in [-0.1, -0.05) is 6.92 Å². The highest BCUT2D eigenvalue weighted by Crippen LogP contribution is 2.06. The van der Waals surface area contributed by atoms with Crippen molar-refractivity contribution in [2.24, 2.45) is 5.84 Å². The summed E-state index contributed by atoms with van der Waals surface area (Å²) in [7, 11) is -3.81. The highest BCUT2D eigenvalue weighted by molar-refractivity contribution is 7.89. The molecule has 1 heterocycles. The highest BCUT2D eigenvalue weighted by Gasteiger charge is 2.16. The van der Waals surface area contributed by atoms with Crippen LogP contribution in [0.15, 0.2) is 17.3 Å². The molecule has 1 aromatic heterocycles. The minimum Gasteiger partial charge on any atom is -0.355 e. The normalized spacial score (nSPS) is 11.1. The van der Waals surface area contributed by atoms with E-state index in [1.165, 1.54) is 0 Å². The lowest BCUT2D eigenvalue weighted by Gasteiger charge is -2.07. The Labute approximate surface area is 111 Å². The molecule has 0 atom stereocenters. The molecule has 0 bridgehead atoms. The SMILES string of the molecule is CCCNC(=O)CNS(=O)(=O)c1cnc(NN)nc1. The van der Waals surface area contributed by atoms with Crippen LogP contribution in [0.4, 0.5) is 5.95 Å². The Balaban J connectivity index is 2.62. The third kappa shape index (κ3) is 4.77. The van der Waals surface area contributed by atoms with Crippen LogP contribution in [0.25, 0.3) is 0 Å². The number of nitrogens with two attached hydrogens (primary N) is 1. The van der Waals surface area contributed by atoms with Crippen molar-refractivity contribution in [1.29, 1.82) is 0 Å². The molecule has 5 N–H and O–H groups in total. The van der Waals surface area contributed by atoms with Gasteiger partial charge in [-0.05, 0) is 6.42 Å². The predicted molar refractivity (Wildman–Crippen MR) is 68.3 cm³/mol. The zero-order chi connectivity index (χ0) is 14.3. The monoisotopic (exact) mass is 288 g/mol. The molecule has 1 amide bonds. The molecule has 0 fully saturated rings. The average molecular weight is 288 g/mol. The zero-order valence-electron chi connectivity index (χ0n) is 10.4. The van der Waals surface area contributed by atoms with Crippen LogP contribution < -0.4 is 21.3 Å². The van der Waals surface area contributed by atoms with E-state index in [1.54, 1.807) is 0 Å². The molecule has 0 aromatic carbocycles. The molecular weight excluding hydrogens is 272 g/mol. The fourth-order valence-electron chi connectivity index (χ4n) is 1.10. The first-order valence-corrected chi connectivity index (χ1v) is 7.03. The topological polar surface area (TPSA) is 139 Å². The van der Waals surface area contributed by atoms with Crippen molar-refractivity contribution in [2.45, 2.75) is 18.2 Å². The van der Waals surface area contributed by atoms with Gasteiger partial charge < -0.3 is 5.32 Å². The van der Waals surface area contributed by atoms with E-state index < -0.39 is 15.9 Å². The van der Waals surface area contributed by atoms with Crippen molar-refractivity contribution in [3.63, 3.8) is 0 Å². The van der Waals surface area contributed by atoms with E-state index in [4.69, 9.17) is 5.84 Å². The number of sulfonamides is 1. The summed E-state index contributed by atoms with van der Waals surface area (Å²) in [6, 6.07) is 0. The van der Waals surface area contributed by atoms with Gasteiger partial charge in [-0.25, -0.2) is 29.0 Å². The summed E-state index contributed by atoms with van der Waals surface area (Å²) in [5.41, 5.74) is 2.18. The third-order valence-corrected chi connectivity index (χ3v) is 3.42. The van der Waals surface area contributed by atoms with Gasteiger partial charge in [0.25, 0.3) is 0 Å². The van der Waals surface area contributed by atoms with E-state index in [0.29, 0.717) is 6.54 Å². The summed E-state index contributed by atoms with van der Waals surface area (Å²) in [6.07, 6.45) is 2.96. The second-order valence-corrected chi connectivity index (χ2v) is 5.33. The van der Waals surface area contributed by atoms with Gasteiger partial charge in [0.15, 0.2) is 0 Å². The molecule has 0 aliphatic carbocycles. The number of carbonyl (C=O) groups is 1. The summed E-state index contributed by atoms with van der Waals surface area (Å²) >= 11 is 0. The fraction of sp³-hybridized carbons (Fsp3) is 0.444. The molecule has 0 saturated heterocycles. The van der Waals surface area contributed by atoms with E-state index in [-0.39, 0.29) is 17.4 Å². The predicted octanol–water partition coefficient (Wildman–Crippen LogP) is -1.43. The minimum absolute atomic E-state index is 0.0969. The first kappa shape index (κ1) is 15.3. The van der Waals surface area contributed by atoms with Gasteiger partial charge >= 0.3 is 0 Å². The molecule has 0 radical (unpaired) electrons. The second-order valence-electron chi connectivity index (χ2n) is 3.56. The summed E-state index contributed by atoms with van der Waals surface area (Å²) < 4.78 is 25.7. The van der Waals surface area contributed by atoms with E-state index in [0.717, 1.165) is 18.8 Å². The molecule has 0 aliphatic heterocycles. The lowest BCUT2D eigenvalue weighted by Crippen LogP contribution is -2.37. The molecular formula is C9H16N6O3S. The summed E-state index contributed by atoms with van der Waals surface area (Å²) in [6.45, 7) is 2.06. The first-order chi connectivity index (χ1) is 8.99. The number of anilines is 1. The Morgan fingerprint density at radius 2 is 2.00 bits per heavy atom. The summed E-state index contributed by atoms with van der Waals surface area (Å²) in [5, 5.41) is 2.55. The summed E-state index contributed by atoms with van der Waals surface area (Å²) in [5.74, 6) is 4.76. The largest absolute Gasteiger partial charge is 0.355 e. The maximum atomic E-state index is 11.8. The van der Waals surface area contributed by atoms with E-state index in [2.05, 4.69) is 25.4 Å². The Hall–Kier alpha value is -1.78. The average Bonchev–Trinajstić information content (AvgIpc) is 2.43. The number of nitrogens with one attached hydrogen (secondary N) is 3. The van der Waals surface area contributed by atoms with Gasteiger partial charge in [-0.15, -0.1) is 0 Å². The summed E-state index contributed by atoms with van der Waals surface area (Å²) in [4.78, 5) is 18.5. The second kappa shape index (κ2) is 6.97. The molecule has 1 rings (SSSR count). The first-order valence-electron chi connectivity index (χ1n) is 5.54. The van der Waals surface area contributed by atoms with Crippen molar-refractivity contribution in [3.05, 3.63) is 12.4 Å². The smallest absolute Gasteiger partial charge is 0.244 e. The van der Waals surface area contributed by atoms with Crippen LogP contribution in [0.3, 0.4) is 0 Å². The van der Waals surface area contributed by atoms with Crippen LogP contribution in [-0.4, -0.2) is 37.4 Å². The Morgan fingerprint density at radius 3 is 2.53 bits per heavy atom. The van der Waals surface area contributed by atoms with Gasteiger partial charge in [0, 0.05) is 6.54 Å². The molecule has 19 heavy (non-hydrogen) atoms. The number of aromatic nitrogens is 2. The van der Waals surface area contributed by atoms with Gasteiger partial charge in [0.2, 0.25) is 21.9 Å². The number of hydrogen-bond donors (Lipinski definition) is 4. The number of hydrogen-bond acceptors (Lipinski definition) is 7. The molecule has 1 aromatic rings. The van der Waals surface area contributed by atoms with Gasteiger partial charge in [0.05, 0.1) is 18.9 Å². The highest BCUT2D eigenvalue weighted by atomic mass is 32.2. The number of rotatable bonds is 7. The molecule has 0 unspecified atom stereocenters. The Morgan fingerprint density at radius 1 is 1.37 bits per heavy atom. The van der Waals surface area contributed by atoms with E-state index >= 15 is 0 Å². The standard InChI is InChI=1S/C9H16N6O3S/c1-2-3-11-8(16)6-14-19(17,18)7-4-12-9(15-10)13-5-7/h4-5,14H,2-3,6,10H2,1H3,(H,11,16)(H,12,13,15). The van der Waals surface area contributed by atoms with Crippen LogP contribution in [0.5, 0.6) is 0 Å². The quantitative estimate of drug-likeness (QED) is 0.356. The molecule has 9 nitrogen and oxygen atoms in total. The number of nitrogens with zero attached hydrogens (tertiary/aromatic N) is 2. The van der Waals surface area contributed by atoms with Gasteiger partial charge in [-0.3, -0.25) is 10.2 Å². The van der Waals surface area contributed by atoms with Crippen molar-refractivity contribution in [2.75, 3.05) is 18.5 Å². The van der Waals surface area contributed by atoms with Crippen LogP contribution in [0.2, 0.25) is 0 Å². The molecule has 0 spiro atoms. The third-order valence-electron chi connectivity index (χ3n) is 2.06. The van der Waals surface area contributed by atoms with Crippen LogP contribution in [0.1, 0.15) is 13.3 Å². The zero-order valence-corrected chi connectivity index (χ0v) is 11.2. The molecule has 10 heteroatoms. The maximum absolute atomic E-state index is 11.8. The van der Waals surface area contributed by atoms with Gasteiger partial charge in [0.1, 0.15) is 4.90 Å². The minimum atomic E-state index is -3.81. The Bertz CT molecular complexity index is 515.